The number of likely N-dealkylation sites (tertiary alicyclic amines) is 1. The van der Waals surface area contributed by atoms with Crippen molar-refractivity contribution in [1.29, 1.82) is 0 Å². The van der Waals surface area contributed by atoms with E-state index in [9.17, 15) is 0 Å². The van der Waals surface area contributed by atoms with Gasteiger partial charge in [0.2, 0.25) is 0 Å². The molecule has 1 unspecified atom stereocenters. The molecule has 0 radical (unpaired) electrons. The van der Waals surface area contributed by atoms with Crippen molar-refractivity contribution < 1.29 is 0 Å². The van der Waals surface area contributed by atoms with Gasteiger partial charge in [-0.15, -0.1) is 24.0 Å². The zero-order valence-electron chi connectivity index (χ0n) is 16.7. The van der Waals surface area contributed by atoms with E-state index in [0.29, 0.717) is 12.0 Å². The lowest BCUT2D eigenvalue weighted by Gasteiger charge is -2.28. The molecule has 6 nitrogen and oxygen atoms in total. The van der Waals surface area contributed by atoms with Crippen LogP contribution in [0, 0.1) is 5.92 Å². The number of aliphatic imine (C=N–C) groups is 1. The molecule has 1 atom stereocenters. The van der Waals surface area contributed by atoms with Crippen molar-refractivity contribution in [3.63, 3.8) is 0 Å². The summed E-state index contributed by atoms with van der Waals surface area (Å²) in [5.41, 5.74) is 0. The highest BCUT2D eigenvalue weighted by Gasteiger charge is 2.22. The Balaban J connectivity index is 0.00000338. The van der Waals surface area contributed by atoms with Crippen molar-refractivity contribution in [2.75, 3.05) is 32.7 Å². The van der Waals surface area contributed by atoms with Gasteiger partial charge in [-0.2, -0.15) is 5.10 Å². The molecule has 1 aromatic rings. The molecule has 1 aliphatic heterocycles. The first-order valence-corrected chi connectivity index (χ1v) is 9.92. The fraction of sp³-hybridized carbons (Fsp3) is 0.789. The van der Waals surface area contributed by atoms with Crippen LogP contribution >= 0.6 is 24.0 Å². The van der Waals surface area contributed by atoms with Crippen molar-refractivity contribution >= 4 is 29.9 Å². The number of aryl methyl sites for hydroxylation is 1. The number of rotatable bonds is 10. The third-order valence-corrected chi connectivity index (χ3v) is 4.62. The summed E-state index contributed by atoms with van der Waals surface area (Å²) in [4.78, 5) is 7.51. The van der Waals surface area contributed by atoms with Crippen molar-refractivity contribution in [2.24, 2.45) is 10.9 Å². The second kappa shape index (κ2) is 13.4. The van der Waals surface area contributed by atoms with Crippen LogP contribution in [-0.4, -0.2) is 59.4 Å². The lowest BCUT2D eigenvalue weighted by atomic mass is 10.0. The van der Waals surface area contributed by atoms with E-state index < -0.39 is 0 Å². The maximum atomic E-state index is 4.88. The highest BCUT2D eigenvalue weighted by molar-refractivity contribution is 14.0. The number of halogens is 1. The van der Waals surface area contributed by atoms with Crippen molar-refractivity contribution in [2.45, 2.75) is 59.0 Å². The fourth-order valence-corrected chi connectivity index (χ4v) is 3.41. The van der Waals surface area contributed by atoms with Crippen LogP contribution in [-0.2, 0) is 6.54 Å². The number of nitrogens with zero attached hydrogens (tertiary/aromatic N) is 4. The average Bonchev–Trinajstić information content (AvgIpc) is 3.28. The molecule has 0 aliphatic carbocycles. The molecule has 0 amide bonds. The van der Waals surface area contributed by atoms with E-state index in [1.807, 2.05) is 23.1 Å². The van der Waals surface area contributed by atoms with Gasteiger partial charge in [0.25, 0.3) is 0 Å². The first-order valence-electron chi connectivity index (χ1n) is 9.92. The van der Waals surface area contributed by atoms with Crippen LogP contribution in [0.4, 0.5) is 0 Å². The fourth-order valence-electron chi connectivity index (χ4n) is 3.41. The van der Waals surface area contributed by atoms with Crippen LogP contribution in [0.3, 0.4) is 0 Å². The molecule has 150 valence electrons. The predicted octanol–water partition coefficient (Wildman–Crippen LogP) is 2.96. The molecule has 0 saturated carbocycles. The summed E-state index contributed by atoms with van der Waals surface area (Å²) in [6.07, 6.45) is 8.77. The van der Waals surface area contributed by atoms with Gasteiger partial charge in [-0.1, -0.05) is 13.8 Å². The van der Waals surface area contributed by atoms with Crippen molar-refractivity contribution in [3.8, 4) is 0 Å². The van der Waals surface area contributed by atoms with Gasteiger partial charge in [-0.3, -0.25) is 14.6 Å². The van der Waals surface area contributed by atoms with E-state index in [0.717, 1.165) is 38.6 Å². The Morgan fingerprint density at radius 1 is 1.23 bits per heavy atom. The van der Waals surface area contributed by atoms with Gasteiger partial charge in [-0.25, -0.2) is 0 Å². The summed E-state index contributed by atoms with van der Waals surface area (Å²) in [5, 5.41) is 11.1. The molecule has 1 aliphatic rings. The van der Waals surface area contributed by atoms with E-state index in [2.05, 4.69) is 41.4 Å². The Hall–Kier alpha value is -0.830. The molecular formula is C19H37IN6. The van der Waals surface area contributed by atoms with E-state index >= 15 is 0 Å². The normalized spacial score (nSPS) is 16.5. The highest BCUT2D eigenvalue weighted by atomic mass is 127. The monoisotopic (exact) mass is 476 g/mol. The van der Waals surface area contributed by atoms with Crippen molar-refractivity contribution in [3.05, 3.63) is 18.5 Å². The number of hydrogen-bond donors (Lipinski definition) is 2. The smallest absolute Gasteiger partial charge is 0.191 e. The third-order valence-electron chi connectivity index (χ3n) is 4.62. The molecule has 26 heavy (non-hydrogen) atoms. The Bertz CT molecular complexity index is 482. The van der Waals surface area contributed by atoms with Gasteiger partial charge >= 0.3 is 0 Å². The van der Waals surface area contributed by atoms with Gasteiger partial charge in [0, 0.05) is 38.1 Å². The Labute approximate surface area is 176 Å². The quantitative estimate of drug-likeness (QED) is 0.236. The van der Waals surface area contributed by atoms with Crippen LogP contribution in [0.5, 0.6) is 0 Å². The van der Waals surface area contributed by atoms with Crippen LogP contribution in [0.25, 0.3) is 0 Å². The molecule has 2 heterocycles. The van der Waals surface area contributed by atoms with E-state index in [1.54, 1.807) is 0 Å². The van der Waals surface area contributed by atoms with Crippen LogP contribution in [0.1, 0.15) is 46.5 Å². The molecule has 2 rings (SSSR count). The minimum Gasteiger partial charge on any atom is -0.357 e. The summed E-state index contributed by atoms with van der Waals surface area (Å²) in [6.45, 7) is 12.8. The largest absolute Gasteiger partial charge is 0.357 e. The number of guanidine groups is 1. The van der Waals surface area contributed by atoms with E-state index in [-0.39, 0.29) is 24.0 Å². The number of nitrogens with one attached hydrogen (secondary N) is 2. The number of hydrogen-bond acceptors (Lipinski definition) is 3. The minimum absolute atomic E-state index is 0. The first-order chi connectivity index (χ1) is 12.2. The molecule has 2 N–H and O–H groups in total. The zero-order valence-corrected chi connectivity index (χ0v) is 19.0. The second-order valence-electron chi connectivity index (χ2n) is 7.30. The standard InChI is InChI=1S/C19H36N6.HI/c1-4-20-19(21-9-7-13-25-14-8-10-23-25)22-16-18(15-17(2)3)24-11-5-6-12-24;/h8,10,14,17-18H,4-7,9,11-13,15-16H2,1-3H3,(H2,20,21,22);1H. The van der Waals surface area contributed by atoms with Crippen LogP contribution in [0.2, 0.25) is 0 Å². The van der Waals surface area contributed by atoms with Gasteiger partial charge in [0.1, 0.15) is 0 Å². The molecule has 1 fully saturated rings. The third kappa shape index (κ3) is 8.70. The van der Waals surface area contributed by atoms with Gasteiger partial charge < -0.3 is 10.6 Å². The summed E-state index contributed by atoms with van der Waals surface area (Å²) in [7, 11) is 0. The van der Waals surface area contributed by atoms with E-state index in [1.165, 1.54) is 32.4 Å². The minimum atomic E-state index is 0. The molecule has 0 bridgehead atoms. The van der Waals surface area contributed by atoms with Crippen molar-refractivity contribution in [1.82, 2.24) is 25.3 Å². The first kappa shape index (κ1) is 23.2. The molecule has 0 spiro atoms. The summed E-state index contributed by atoms with van der Waals surface area (Å²) >= 11 is 0. The average molecular weight is 476 g/mol. The van der Waals surface area contributed by atoms with E-state index in [4.69, 9.17) is 4.99 Å². The second-order valence-corrected chi connectivity index (χ2v) is 7.30. The molecular weight excluding hydrogens is 439 g/mol. The Morgan fingerprint density at radius 2 is 2.00 bits per heavy atom. The highest BCUT2D eigenvalue weighted by Crippen LogP contribution is 2.18. The van der Waals surface area contributed by atoms with Gasteiger partial charge in [0.05, 0.1) is 6.54 Å². The summed E-state index contributed by atoms with van der Waals surface area (Å²) in [6, 6.07) is 2.54. The number of aromatic nitrogens is 2. The molecule has 0 aromatic carbocycles. The topological polar surface area (TPSA) is 57.5 Å². The lowest BCUT2D eigenvalue weighted by molar-refractivity contribution is 0.218. The maximum absolute atomic E-state index is 4.88. The SMILES string of the molecule is CCNC(=NCC(CC(C)C)N1CCCC1)NCCCn1cccn1.I. The molecule has 7 heteroatoms. The van der Waals surface area contributed by atoms with Crippen LogP contribution in [0.15, 0.2) is 23.5 Å². The molecule has 1 aromatic heterocycles. The van der Waals surface area contributed by atoms with Gasteiger partial charge in [0.15, 0.2) is 5.96 Å². The Kier molecular flexibility index (Phi) is 11.9. The Morgan fingerprint density at radius 3 is 2.62 bits per heavy atom. The molecule has 1 saturated heterocycles. The van der Waals surface area contributed by atoms with Crippen LogP contribution < -0.4 is 10.6 Å². The maximum Gasteiger partial charge on any atom is 0.191 e. The predicted molar refractivity (Wildman–Crippen MR) is 120 cm³/mol. The lowest BCUT2D eigenvalue weighted by Crippen LogP contribution is -2.41. The summed E-state index contributed by atoms with van der Waals surface area (Å²) < 4.78 is 1.97. The zero-order chi connectivity index (χ0) is 17.9. The summed E-state index contributed by atoms with van der Waals surface area (Å²) in [5.74, 6) is 1.65. The van der Waals surface area contributed by atoms with Gasteiger partial charge in [-0.05, 0) is 57.7 Å².